The fourth-order valence-electron chi connectivity index (χ4n) is 2.21. The van der Waals surface area contributed by atoms with Crippen molar-refractivity contribution in [1.82, 2.24) is 0 Å². The minimum absolute atomic E-state index is 0.614. The normalized spacial score (nSPS) is 24.8. The van der Waals surface area contributed by atoms with Gasteiger partial charge in [0.2, 0.25) is 0 Å². The van der Waals surface area contributed by atoms with Gasteiger partial charge >= 0.3 is 0 Å². The minimum atomic E-state index is 0.614. The lowest BCUT2D eigenvalue weighted by atomic mass is 10.1. The van der Waals surface area contributed by atoms with E-state index >= 15 is 0 Å². The third-order valence-corrected chi connectivity index (χ3v) is 5.09. The minimum Gasteiger partial charge on any atom is -0.380 e. The van der Waals surface area contributed by atoms with Gasteiger partial charge in [-0.15, -0.1) is 0 Å². The zero-order valence-electron chi connectivity index (χ0n) is 10.0. The van der Waals surface area contributed by atoms with Gasteiger partial charge in [-0.1, -0.05) is 13.0 Å². The van der Waals surface area contributed by atoms with E-state index in [0.717, 1.165) is 0 Å². The van der Waals surface area contributed by atoms with Gasteiger partial charge in [-0.25, -0.2) is 0 Å². The Morgan fingerprint density at radius 1 is 1.38 bits per heavy atom. The van der Waals surface area contributed by atoms with Crippen molar-refractivity contribution in [2.24, 2.45) is 0 Å². The molecule has 0 spiro atoms. The highest BCUT2D eigenvalue weighted by atomic mass is 79.9. The van der Waals surface area contributed by atoms with E-state index in [1.54, 1.807) is 0 Å². The SMILES string of the molecule is Cc1cc(C)c(NC2CCSC2C)c(Br)c1. The fraction of sp³-hybridized carbons (Fsp3) is 0.538. The van der Waals surface area contributed by atoms with Crippen LogP contribution in [0.5, 0.6) is 0 Å². The summed E-state index contributed by atoms with van der Waals surface area (Å²) in [7, 11) is 0. The van der Waals surface area contributed by atoms with E-state index in [-0.39, 0.29) is 0 Å². The Morgan fingerprint density at radius 3 is 2.69 bits per heavy atom. The first-order chi connectivity index (χ1) is 7.58. The van der Waals surface area contributed by atoms with Gasteiger partial charge in [0.05, 0.1) is 5.69 Å². The highest BCUT2D eigenvalue weighted by Gasteiger charge is 2.24. The number of aryl methyl sites for hydroxylation is 2. The number of rotatable bonds is 2. The average molecular weight is 300 g/mol. The molecule has 0 aliphatic carbocycles. The number of hydrogen-bond donors (Lipinski definition) is 1. The maximum absolute atomic E-state index is 3.69. The Kier molecular flexibility index (Phi) is 3.85. The van der Waals surface area contributed by atoms with Crippen molar-refractivity contribution in [3.63, 3.8) is 0 Å². The standard InChI is InChI=1S/C13H18BrNS/c1-8-6-9(2)13(11(14)7-8)15-12-4-5-16-10(12)3/h6-7,10,12,15H,4-5H2,1-3H3. The number of halogens is 1. The largest absolute Gasteiger partial charge is 0.380 e. The van der Waals surface area contributed by atoms with Crippen molar-refractivity contribution < 1.29 is 0 Å². The molecule has 1 nitrogen and oxygen atoms in total. The zero-order valence-corrected chi connectivity index (χ0v) is 12.4. The third kappa shape index (κ3) is 2.57. The van der Waals surface area contributed by atoms with E-state index in [2.05, 4.69) is 65.9 Å². The van der Waals surface area contributed by atoms with Crippen molar-refractivity contribution in [1.29, 1.82) is 0 Å². The van der Waals surface area contributed by atoms with Crippen LogP contribution in [0.1, 0.15) is 24.5 Å². The Morgan fingerprint density at radius 2 is 2.12 bits per heavy atom. The molecule has 1 aliphatic rings. The first-order valence-corrected chi connectivity index (χ1v) is 7.57. The van der Waals surface area contributed by atoms with Crippen LogP contribution in [0.2, 0.25) is 0 Å². The molecule has 0 radical (unpaired) electrons. The lowest BCUT2D eigenvalue weighted by Crippen LogP contribution is -2.25. The number of nitrogens with one attached hydrogen (secondary N) is 1. The van der Waals surface area contributed by atoms with Gasteiger partial charge in [-0.05, 0) is 59.1 Å². The average Bonchev–Trinajstić information content (AvgIpc) is 2.57. The quantitative estimate of drug-likeness (QED) is 0.870. The molecule has 16 heavy (non-hydrogen) atoms. The molecule has 88 valence electrons. The summed E-state index contributed by atoms with van der Waals surface area (Å²) in [5.74, 6) is 1.28. The van der Waals surface area contributed by atoms with Gasteiger partial charge < -0.3 is 5.32 Å². The molecule has 0 aromatic heterocycles. The Labute approximate surface area is 111 Å². The molecule has 0 saturated carbocycles. The van der Waals surface area contributed by atoms with Crippen LogP contribution >= 0.6 is 27.7 Å². The molecule has 1 fully saturated rings. The van der Waals surface area contributed by atoms with Crippen LogP contribution in [0, 0.1) is 13.8 Å². The number of thioether (sulfide) groups is 1. The molecule has 1 saturated heterocycles. The van der Waals surface area contributed by atoms with E-state index in [4.69, 9.17) is 0 Å². The molecule has 0 bridgehead atoms. The second-order valence-electron chi connectivity index (χ2n) is 4.55. The van der Waals surface area contributed by atoms with Crippen LogP contribution in [0.3, 0.4) is 0 Å². The van der Waals surface area contributed by atoms with Crippen molar-refractivity contribution in [2.45, 2.75) is 38.5 Å². The monoisotopic (exact) mass is 299 g/mol. The summed E-state index contributed by atoms with van der Waals surface area (Å²) in [6, 6.07) is 5.03. The fourth-order valence-corrected chi connectivity index (χ4v) is 4.19. The Hall–Kier alpha value is -0.150. The summed E-state index contributed by atoms with van der Waals surface area (Å²) in [4.78, 5) is 0. The molecule has 1 aromatic carbocycles. The molecule has 1 aliphatic heterocycles. The lowest BCUT2D eigenvalue weighted by molar-refractivity contribution is 0.723. The Balaban J connectivity index is 2.21. The molecular weight excluding hydrogens is 282 g/mol. The molecule has 1 N–H and O–H groups in total. The summed E-state index contributed by atoms with van der Waals surface area (Å²) in [6.07, 6.45) is 1.27. The Bertz CT molecular complexity index is 369. The molecular formula is C13H18BrNS. The van der Waals surface area contributed by atoms with Crippen LogP contribution in [0.15, 0.2) is 16.6 Å². The van der Waals surface area contributed by atoms with Crippen LogP contribution < -0.4 is 5.32 Å². The predicted molar refractivity (Wildman–Crippen MR) is 77.6 cm³/mol. The second-order valence-corrected chi connectivity index (χ2v) is 6.89. The van der Waals surface area contributed by atoms with Crippen molar-refractivity contribution >= 4 is 33.4 Å². The van der Waals surface area contributed by atoms with Gasteiger partial charge in [0, 0.05) is 15.8 Å². The van der Waals surface area contributed by atoms with Gasteiger partial charge in [-0.3, -0.25) is 0 Å². The van der Waals surface area contributed by atoms with Crippen LogP contribution in [-0.2, 0) is 0 Å². The summed E-state index contributed by atoms with van der Waals surface area (Å²) in [5.41, 5.74) is 3.91. The number of benzene rings is 1. The second kappa shape index (κ2) is 5.01. The van der Waals surface area contributed by atoms with Gasteiger partial charge in [-0.2, -0.15) is 11.8 Å². The molecule has 2 unspecified atom stereocenters. The maximum Gasteiger partial charge on any atom is 0.0517 e. The number of hydrogen-bond acceptors (Lipinski definition) is 2. The summed E-state index contributed by atoms with van der Waals surface area (Å²) in [6.45, 7) is 6.62. The van der Waals surface area contributed by atoms with Crippen LogP contribution in [-0.4, -0.2) is 17.0 Å². The maximum atomic E-state index is 3.69. The highest BCUT2D eigenvalue weighted by Crippen LogP contribution is 2.33. The summed E-state index contributed by atoms with van der Waals surface area (Å²) in [5, 5.41) is 4.40. The zero-order chi connectivity index (χ0) is 11.7. The molecule has 1 aromatic rings. The first-order valence-electron chi connectivity index (χ1n) is 5.73. The highest BCUT2D eigenvalue weighted by molar-refractivity contribution is 9.10. The first kappa shape index (κ1) is 12.3. The van der Waals surface area contributed by atoms with Gasteiger partial charge in [0.1, 0.15) is 0 Å². The lowest BCUT2D eigenvalue weighted by Gasteiger charge is -2.21. The summed E-state index contributed by atoms with van der Waals surface area (Å²) >= 11 is 5.72. The van der Waals surface area contributed by atoms with E-state index in [1.165, 1.54) is 33.5 Å². The molecule has 2 rings (SSSR count). The predicted octanol–water partition coefficient (Wildman–Crippen LogP) is 4.37. The van der Waals surface area contributed by atoms with Gasteiger partial charge in [0.25, 0.3) is 0 Å². The van der Waals surface area contributed by atoms with E-state index in [9.17, 15) is 0 Å². The third-order valence-electron chi connectivity index (χ3n) is 3.14. The van der Waals surface area contributed by atoms with Crippen molar-refractivity contribution in [2.75, 3.05) is 11.1 Å². The van der Waals surface area contributed by atoms with E-state index in [0.29, 0.717) is 11.3 Å². The summed E-state index contributed by atoms with van der Waals surface area (Å²) < 4.78 is 1.19. The topological polar surface area (TPSA) is 12.0 Å². The van der Waals surface area contributed by atoms with Crippen molar-refractivity contribution in [3.8, 4) is 0 Å². The molecule has 3 heteroatoms. The van der Waals surface area contributed by atoms with Crippen molar-refractivity contribution in [3.05, 3.63) is 27.7 Å². The van der Waals surface area contributed by atoms with Gasteiger partial charge in [0.15, 0.2) is 0 Å². The smallest absolute Gasteiger partial charge is 0.0517 e. The molecule has 2 atom stereocenters. The molecule has 0 amide bonds. The molecule has 1 heterocycles. The number of anilines is 1. The van der Waals surface area contributed by atoms with Crippen LogP contribution in [0.4, 0.5) is 5.69 Å². The van der Waals surface area contributed by atoms with E-state index < -0.39 is 0 Å². The van der Waals surface area contributed by atoms with Crippen LogP contribution in [0.25, 0.3) is 0 Å². The van der Waals surface area contributed by atoms with E-state index in [1.807, 2.05) is 0 Å².